The molecule has 0 fully saturated rings. The zero-order valence-corrected chi connectivity index (χ0v) is 12.1. The molecule has 1 aromatic rings. The minimum absolute atomic E-state index is 0. The van der Waals surface area contributed by atoms with E-state index in [0.29, 0.717) is 6.42 Å². The number of carbonyl (C=O) groups excluding carboxylic acids is 1. The highest BCUT2D eigenvalue weighted by atomic mass is 79.9. The number of nitrogens with zero attached hydrogens (tertiary/aromatic N) is 1. The second kappa shape index (κ2) is 5.85. The van der Waals surface area contributed by atoms with Crippen molar-refractivity contribution < 1.29 is 4.79 Å². The fourth-order valence-corrected chi connectivity index (χ4v) is 2.42. The van der Waals surface area contributed by atoms with E-state index in [0.717, 1.165) is 23.1 Å². The van der Waals surface area contributed by atoms with Gasteiger partial charge in [-0.1, -0.05) is 15.9 Å². The highest BCUT2D eigenvalue weighted by Crippen LogP contribution is 2.30. The fraction of sp³-hybridized carbons (Fsp3) is 0.417. The first-order chi connectivity index (χ1) is 7.58. The molecular formula is C12H16BrClN2O. The van der Waals surface area contributed by atoms with Crippen molar-refractivity contribution in [1.82, 2.24) is 0 Å². The van der Waals surface area contributed by atoms with Crippen LogP contribution in [0.25, 0.3) is 0 Å². The Bertz CT molecular complexity index is 423. The van der Waals surface area contributed by atoms with Crippen LogP contribution in [0.4, 0.5) is 5.69 Å². The maximum Gasteiger partial charge on any atom is 0.228 e. The summed E-state index contributed by atoms with van der Waals surface area (Å²) < 4.78 is 1.06. The van der Waals surface area contributed by atoms with E-state index < -0.39 is 0 Å². The summed E-state index contributed by atoms with van der Waals surface area (Å²) in [6.07, 6.45) is 1.34. The number of anilines is 1. The van der Waals surface area contributed by atoms with E-state index in [1.54, 1.807) is 0 Å². The lowest BCUT2D eigenvalue weighted by molar-refractivity contribution is -0.118. The molecule has 5 heteroatoms. The molecule has 1 aliphatic heterocycles. The average molecular weight is 320 g/mol. The van der Waals surface area contributed by atoms with Crippen LogP contribution in [0.15, 0.2) is 22.7 Å². The summed E-state index contributed by atoms with van der Waals surface area (Å²) in [5.74, 6) is 0.121. The van der Waals surface area contributed by atoms with Crippen molar-refractivity contribution >= 4 is 39.9 Å². The van der Waals surface area contributed by atoms with Crippen LogP contribution in [0.3, 0.4) is 0 Å². The molecule has 0 aliphatic carbocycles. The van der Waals surface area contributed by atoms with Crippen LogP contribution in [0.2, 0.25) is 0 Å². The molecule has 0 saturated carbocycles. The molecule has 1 aromatic carbocycles. The largest absolute Gasteiger partial charge is 0.327 e. The molecule has 0 spiro atoms. The van der Waals surface area contributed by atoms with Gasteiger partial charge in [0.05, 0.1) is 0 Å². The minimum atomic E-state index is -0.0769. The second-order valence-corrected chi connectivity index (χ2v) is 5.17. The third-order valence-corrected chi connectivity index (χ3v) is 3.23. The number of nitrogens with two attached hydrogens (primary N) is 1. The number of amides is 1. The zero-order chi connectivity index (χ0) is 11.7. The number of hydrogen-bond acceptors (Lipinski definition) is 2. The van der Waals surface area contributed by atoms with Gasteiger partial charge in [0.15, 0.2) is 0 Å². The molecule has 0 aromatic heterocycles. The summed E-state index contributed by atoms with van der Waals surface area (Å²) >= 11 is 3.44. The van der Waals surface area contributed by atoms with Crippen LogP contribution in [-0.4, -0.2) is 18.5 Å². The van der Waals surface area contributed by atoms with E-state index >= 15 is 0 Å². The predicted octanol–water partition coefficient (Wildman–Crippen LogP) is 2.50. The summed E-state index contributed by atoms with van der Waals surface area (Å²) in [5.41, 5.74) is 7.92. The summed E-state index contributed by atoms with van der Waals surface area (Å²) in [6, 6.07) is 5.96. The summed E-state index contributed by atoms with van der Waals surface area (Å²) in [4.78, 5) is 13.8. The monoisotopic (exact) mass is 318 g/mol. The molecule has 1 unspecified atom stereocenters. The van der Waals surface area contributed by atoms with E-state index in [4.69, 9.17) is 5.73 Å². The lowest BCUT2D eigenvalue weighted by Gasteiger charge is -2.18. The first-order valence-corrected chi connectivity index (χ1v) is 6.21. The SMILES string of the molecule is CC(N)CC(=O)N1CCc2cc(Br)ccc21.Cl. The van der Waals surface area contributed by atoms with Crippen molar-refractivity contribution in [1.29, 1.82) is 0 Å². The lowest BCUT2D eigenvalue weighted by Crippen LogP contribution is -2.33. The van der Waals surface area contributed by atoms with Crippen LogP contribution in [0.1, 0.15) is 18.9 Å². The molecular weight excluding hydrogens is 304 g/mol. The van der Waals surface area contributed by atoms with E-state index in [1.807, 2.05) is 24.0 Å². The maximum atomic E-state index is 11.9. The average Bonchev–Trinajstić information content (AvgIpc) is 2.59. The number of benzene rings is 1. The van der Waals surface area contributed by atoms with E-state index in [1.165, 1.54) is 5.56 Å². The van der Waals surface area contributed by atoms with Gasteiger partial charge in [0, 0.05) is 29.2 Å². The van der Waals surface area contributed by atoms with Crippen molar-refractivity contribution in [2.24, 2.45) is 5.73 Å². The smallest absolute Gasteiger partial charge is 0.228 e. The number of carbonyl (C=O) groups is 1. The first kappa shape index (κ1) is 14.5. The van der Waals surface area contributed by atoms with Gasteiger partial charge in [-0.2, -0.15) is 0 Å². The Kier molecular flexibility index (Phi) is 4.98. The van der Waals surface area contributed by atoms with Gasteiger partial charge >= 0.3 is 0 Å². The summed E-state index contributed by atoms with van der Waals surface area (Å²) in [5, 5.41) is 0. The topological polar surface area (TPSA) is 46.3 Å². The van der Waals surface area contributed by atoms with Gasteiger partial charge in [-0.25, -0.2) is 0 Å². The molecule has 3 nitrogen and oxygen atoms in total. The molecule has 0 radical (unpaired) electrons. The Hall–Kier alpha value is -0.580. The van der Waals surface area contributed by atoms with Crippen molar-refractivity contribution in [3.63, 3.8) is 0 Å². The Morgan fingerprint density at radius 2 is 2.29 bits per heavy atom. The van der Waals surface area contributed by atoms with Crippen molar-refractivity contribution in [2.45, 2.75) is 25.8 Å². The van der Waals surface area contributed by atoms with Crippen LogP contribution < -0.4 is 10.6 Å². The van der Waals surface area contributed by atoms with Gasteiger partial charge in [0.2, 0.25) is 5.91 Å². The number of rotatable bonds is 2. The Morgan fingerprint density at radius 1 is 1.59 bits per heavy atom. The van der Waals surface area contributed by atoms with E-state index in [2.05, 4.69) is 22.0 Å². The van der Waals surface area contributed by atoms with Gasteiger partial charge in [0.25, 0.3) is 0 Å². The molecule has 1 heterocycles. The Morgan fingerprint density at radius 3 is 2.94 bits per heavy atom. The second-order valence-electron chi connectivity index (χ2n) is 4.25. The molecule has 0 saturated heterocycles. The molecule has 2 rings (SSSR count). The lowest BCUT2D eigenvalue weighted by atomic mass is 10.2. The van der Waals surface area contributed by atoms with Crippen LogP contribution >= 0.6 is 28.3 Å². The molecule has 17 heavy (non-hydrogen) atoms. The van der Waals surface area contributed by atoms with E-state index in [-0.39, 0.29) is 24.4 Å². The standard InChI is InChI=1S/C12H15BrN2O.ClH/c1-8(14)6-12(16)15-5-4-9-7-10(13)2-3-11(9)15;/h2-3,7-8H,4-6,14H2,1H3;1H. The molecule has 1 atom stereocenters. The first-order valence-electron chi connectivity index (χ1n) is 5.42. The van der Waals surface area contributed by atoms with Gasteiger partial charge in [-0.05, 0) is 37.1 Å². The molecule has 2 N–H and O–H groups in total. The van der Waals surface area contributed by atoms with Crippen molar-refractivity contribution in [3.8, 4) is 0 Å². The quantitative estimate of drug-likeness (QED) is 0.910. The third kappa shape index (κ3) is 3.21. The van der Waals surface area contributed by atoms with Gasteiger partial charge in [-0.3, -0.25) is 4.79 Å². The molecule has 94 valence electrons. The van der Waals surface area contributed by atoms with Gasteiger partial charge in [-0.15, -0.1) is 12.4 Å². The predicted molar refractivity (Wildman–Crippen MR) is 75.7 cm³/mol. The third-order valence-electron chi connectivity index (χ3n) is 2.73. The van der Waals surface area contributed by atoms with Crippen LogP contribution in [0, 0.1) is 0 Å². The fourth-order valence-electron chi connectivity index (χ4n) is 2.02. The highest BCUT2D eigenvalue weighted by Gasteiger charge is 2.24. The highest BCUT2D eigenvalue weighted by molar-refractivity contribution is 9.10. The van der Waals surface area contributed by atoms with E-state index in [9.17, 15) is 4.79 Å². The number of halogens is 2. The maximum absolute atomic E-state index is 11.9. The molecule has 1 amide bonds. The summed E-state index contributed by atoms with van der Waals surface area (Å²) in [7, 11) is 0. The number of hydrogen-bond donors (Lipinski definition) is 1. The van der Waals surface area contributed by atoms with Crippen molar-refractivity contribution in [2.75, 3.05) is 11.4 Å². The Labute approximate surface area is 116 Å². The van der Waals surface area contributed by atoms with Crippen LogP contribution in [-0.2, 0) is 11.2 Å². The normalized spacial score (nSPS) is 15.1. The minimum Gasteiger partial charge on any atom is -0.327 e. The number of fused-ring (bicyclic) bond motifs is 1. The van der Waals surface area contributed by atoms with Gasteiger partial charge in [0.1, 0.15) is 0 Å². The van der Waals surface area contributed by atoms with Gasteiger partial charge < -0.3 is 10.6 Å². The van der Waals surface area contributed by atoms with Crippen LogP contribution in [0.5, 0.6) is 0 Å². The Balaban J connectivity index is 0.00000144. The van der Waals surface area contributed by atoms with Crippen molar-refractivity contribution in [3.05, 3.63) is 28.2 Å². The zero-order valence-electron chi connectivity index (χ0n) is 9.65. The molecule has 1 aliphatic rings. The summed E-state index contributed by atoms with van der Waals surface area (Å²) in [6.45, 7) is 2.63. The molecule has 0 bridgehead atoms.